The minimum atomic E-state index is -0.843. The molecule has 0 aromatic carbocycles. The smallest absolute Gasteiger partial charge is 0.327 e. The van der Waals surface area contributed by atoms with E-state index in [1.807, 2.05) is 0 Å². The molecule has 0 saturated heterocycles. The van der Waals surface area contributed by atoms with Gasteiger partial charge in [0.2, 0.25) is 0 Å². The summed E-state index contributed by atoms with van der Waals surface area (Å²) in [6.07, 6.45) is 0. The summed E-state index contributed by atoms with van der Waals surface area (Å²) in [7, 11) is 0. The third-order valence-corrected chi connectivity index (χ3v) is 2.45. The molecule has 0 unspecified atom stereocenters. The van der Waals surface area contributed by atoms with Crippen molar-refractivity contribution in [3.8, 4) is 0 Å². The summed E-state index contributed by atoms with van der Waals surface area (Å²) in [6, 6.07) is -1.69. The van der Waals surface area contributed by atoms with E-state index in [0.717, 1.165) is 0 Å². The van der Waals surface area contributed by atoms with Crippen molar-refractivity contribution in [3.05, 3.63) is 0 Å². The van der Waals surface area contributed by atoms with Crippen LogP contribution in [0.1, 0.15) is 0 Å². The first-order valence-corrected chi connectivity index (χ1v) is 6.36. The molecule has 144 valence electrons. The van der Waals surface area contributed by atoms with E-state index in [9.17, 15) is 9.59 Å². The van der Waals surface area contributed by atoms with Crippen LogP contribution >= 0.6 is 0 Å². The lowest BCUT2D eigenvalue weighted by Crippen LogP contribution is -2.44. The van der Waals surface area contributed by atoms with Crippen LogP contribution in [0, 0.1) is 0 Å². The third kappa shape index (κ3) is 8.18. The Morgan fingerprint density at radius 2 is 0.542 bits per heavy atom. The number of aliphatic hydroxyl groups is 8. The molecule has 24 heavy (non-hydrogen) atoms. The zero-order valence-corrected chi connectivity index (χ0v) is 12.8. The molecule has 8 N–H and O–H groups in total. The monoisotopic (exact) mass is 360 g/mol. The lowest BCUT2D eigenvalue weighted by molar-refractivity contribution is 0.00126. The molecule has 0 aromatic heterocycles. The van der Waals surface area contributed by atoms with Crippen molar-refractivity contribution in [3.63, 3.8) is 0 Å². The Hall–Kier alpha value is -1.78. The maximum Gasteiger partial charge on any atom is 0.327 e. The van der Waals surface area contributed by atoms with Gasteiger partial charge in [0.05, 0.1) is 0 Å². The fourth-order valence-electron chi connectivity index (χ4n) is 1.06. The van der Waals surface area contributed by atoms with Crippen molar-refractivity contribution in [2.45, 2.75) is 0 Å². The molecule has 0 fully saturated rings. The molecule has 0 rings (SSSR count). The number of nitrogens with zero attached hydrogens (tertiary/aromatic N) is 4. The van der Waals surface area contributed by atoms with E-state index in [2.05, 4.69) is 0 Å². The molecular weight excluding hydrogens is 336 g/mol. The van der Waals surface area contributed by atoms with Crippen LogP contribution in [0.2, 0.25) is 0 Å². The standard InChI is InChI=1S/2C5H12N2O5/c2*8-1-6(2-9)5(12)7(3-10)4-11/h2*8-11H,1-4H2. The molecule has 0 radical (unpaired) electrons. The van der Waals surface area contributed by atoms with Gasteiger partial charge in [-0.1, -0.05) is 0 Å². The first kappa shape index (κ1) is 24.5. The molecule has 0 spiro atoms. The lowest BCUT2D eigenvalue weighted by atomic mass is 10.7. The van der Waals surface area contributed by atoms with Gasteiger partial charge in [0.15, 0.2) is 0 Å². The predicted octanol–water partition coefficient (Wildman–Crippen LogP) is -4.98. The Morgan fingerprint density at radius 3 is 0.625 bits per heavy atom. The molecule has 0 aliphatic heterocycles. The Morgan fingerprint density at radius 1 is 0.417 bits per heavy atom. The van der Waals surface area contributed by atoms with Crippen molar-refractivity contribution in [2.75, 3.05) is 53.8 Å². The molecule has 0 heterocycles. The number of carbonyl (C=O) groups excluding carboxylic acids is 2. The van der Waals surface area contributed by atoms with Gasteiger partial charge in [-0.25, -0.2) is 9.59 Å². The summed E-state index contributed by atoms with van der Waals surface area (Å²) in [4.78, 5) is 24.5. The van der Waals surface area contributed by atoms with E-state index in [1.165, 1.54) is 0 Å². The molecule has 0 atom stereocenters. The van der Waals surface area contributed by atoms with E-state index >= 15 is 0 Å². The van der Waals surface area contributed by atoms with Gasteiger partial charge in [-0.05, 0) is 0 Å². The van der Waals surface area contributed by atoms with Crippen molar-refractivity contribution in [1.29, 1.82) is 0 Å². The highest BCUT2D eigenvalue weighted by Crippen LogP contribution is 1.95. The van der Waals surface area contributed by atoms with Crippen LogP contribution in [0.5, 0.6) is 0 Å². The highest BCUT2D eigenvalue weighted by Gasteiger charge is 2.18. The molecule has 0 aliphatic rings. The Bertz CT molecular complexity index is 272. The van der Waals surface area contributed by atoms with Gasteiger partial charge in [-0.3, -0.25) is 19.6 Å². The number of hydrogen-bond acceptors (Lipinski definition) is 10. The number of urea groups is 2. The van der Waals surface area contributed by atoms with Crippen LogP contribution in [-0.4, -0.2) is 126 Å². The van der Waals surface area contributed by atoms with Gasteiger partial charge in [0.1, 0.15) is 53.8 Å². The van der Waals surface area contributed by atoms with Crippen LogP contribution in [0.15, 0.2) is 0 Å². The maximum atomic E-state index is 11.0. The molecular formula is C10H24N4O10. The zero-order valence-electron chi connectivity index (χ0n) is 12.8. The minimum Gasteiger partial charge on any atom is -0.376 e. The van der Waals surface area contributed by atoms with E-state index in [1.54, 1.807) is 0 Å². The minimum absolute atomic E-state index is 0.631. The van der Waals surface area contributed by atoms with E-state index in [-0.39, 0.29) is 0 Å². The summed E-state index contributed by atoms with van der Waals surface area (Å²) < 4.78 is 0. The van der Waals surface area contributed by atoms with Crippen molar-refractivity contribution >= 4 is 12.1 Å². The molecule has 0 aliphatic carbocycles. The molecule has 14 nitrogen and oxygen atoms in total. The Kier molecular flexibility index (Phi) is 15.1. The highest BCUT2D eigenvalue weighted by atomic mass is 16.3. The van der Waals surface area contributed by atoms with Crippen molar-refractivity contribution in [1.82, 2.24) is 19.6 Å². The summed E-state index contributed by atoms with van der Waals surface area (Å²) in [5.74, 6) is 0. The van der Waals surface area contributed by atoms with Gasteiger partial charge < -0.3 is 40.9 Å². The number of rotatable bonds is 8. The summed E-state index contributed by atoms with van der Waals surface area (Å²) in [6.45, 7) is -5.40. The normalized spacial score (nSPS) is 9.67. The SMILES string of the molecule is O=C(N(CO)CO)N(CO)CO.O=C(N(CO)CO)N(CO)CO. The van der Waals surface area contributed by atoms with Crippen LogP contribution in [0.4, 0.5) is 9.59 Å². The first-order chi connectivity index (χ1) is 11.4. The van der Waals surface area contributed by atoms with Crippen molar-refractivity contribution < 1.29 is 50.4 Å². The number of aliphatic hydroxyl groups excluding tert-OH is 8. The largest absolute Gasteiger partial charge is 0.376 e. The van der Waals surface area contributed by atoms with Gasteiger partial charge in [0.25, 0.3) is 0 Å². The van der Waals surface area contributed by atoms with Crippen molar-refractivity contribution in [2.24, 2.45) is 0 Å². The summed E-state index contributed by atoms with van der Waals surface area (Å²) in [5.41, 5.74) is 0. The lowest BCUT2D eigenvalue weighted by Gasteiger charge is -2.24. The van der Waals surface area contributed by atoms with E-state index in [4.69, 9.17) is 40.9 Å². The second kappa shape index (κ2) is 14.8. The Balaban J connectivity index is 0. The fraction of sp³-hybridized carbons (Fsp3) is 0.800. The summed E-state index contributed by atoms with van der Waals surface area (Å²) >= 11 is 0. The number of hydrogen-bond donors (Lipinski definition) is 8. The predicted molar refractivity (Wildman–Crippen MR) is 74.8 cm³/mol. The van der Waals surface area contributed by atoms with Gasteiger partial charge in [0, 0.05) is 0 Å². The molecule has 4 amide bonds. The van der Waals surface area contributed by atoms with Crippen LogP contribution < -0.4 is 0 Å². The highest BCUT2D eigenvalue weighted by molar-refractivity contribution is 5.74. The van der Waals surface area contributed by atoms with E-state index < -0.39 is 65.9 Å². The maximum absolute atomic E-state index is 11.0. The molecule has 0 aromatic rings. The molecule has 0 saturated carbocycles. The van der Waals surface area contributed by atoms with Gasteiger partial charge >= 0.3 is 12.1 Å². The Labute approximate surface area is 137 Å². The molecule has 14 heteroatoms. The van der Waals surface area contributed by atoms with Gasteiger partial charge in [-0.15, -0.1) is 0 Å². The van der Waals surface area contributed by atoms with Crippen LogP contribution in [0.25, 0.3) is 0 Å². The zero-order chi connectivity index (χ0) is 19.1. The second-order valence-electron chi connectivity index (χ2n) is 3.86. The first-order valence-electron chi connectivity index (χ1n) is 6.36. The van der Waals surface area contributed by atoms with Crippen LogP contribution in [-0.2, 0) is 0 Å². The average molecular weight is 360 g/mol. The topological polar surface area (TPSA) is 209 Å². The molecule has 0 bridgehead atoms. The van der Waals surface area contributed by atoms with Gasteiger partial charge in [-0.2, -0.15) is 0 Å². The fourth-order valence-corrected chi connectivity index (χ4v) is 1.06. The van der Waals surface area contributed by atoms with E-state index in [0.29, 0.717) is 19.6 Å². The average Bonchev–Trinajstić information content (AvgIpc) is 2.60. The second-order valence-corrected chi connectivity index (χ2v) is 3.86. The third-order valence-electron chi connectivity index (χ3n) is 2.45. The number of amides is 4. The summed E-state index contributed by atoms with van der Waals surface area (Å²) in [5, 5.41) is 67.9. The number of carbonyl (C=O) groups is 2. The quantitative estimate of drug-likeness (QED) is 0.193. The van der Waals surface area contributed by atoms with Crippen LogP contribution in [0.3, 0.4) is 0 Å².